The Bertz CT molecular complexity index is 932. The Morgan fingerprint density at radius 2 is 2.27 bits per heavy atom. The molecule has 0 saturated carbocycles. The molecule has 2 aromatic heterocycles. The van der Waals surface area contributed by atoms with Crippen LogP contribution < -0.4 is 0 Å². The number of thiophene rings is 1. The lowest BCUT2D eigenvalue weighted by atomic mass is 9.79. The van der Waals surface area contributed by atoms with Gasteiger partial charge in [0.15, 0.2) is 5.82 Å². The van der Waals surface area contributed by atoms with E-state index >= 15 is 0 Å². The van der Waals surface area contributed by atoms with E-state index in [1.54, 1.807) is 11.1 Å². The minimum Gasteiger partial charge on any atom is -0.370 e. The van der Waals surface area contributed by atoms with Crippen molar-refractivity contribution in [3.63, 3.8) is 0 Å². The van der Waals surface area contributed by atoms with Gasteiger partial charge >= 0.3 is 0 Å². The molecule has 0 aromatic carbocycles. The van der Waals surface area contributed by atoms with Crippen LogP contribution in [0, 0.1) is 12.8 Å². The molecule has 5 heterocycles. The van der Waals surface area contributed by atoms with Gasteiger partial charge in [-0.1, -0.05) is 6.92 Å². The van der Waals surface area contributed by atoms with Crippen molar-refractivity contribution in [2.45, 2.75) is 58.1 Å². The van der Waals surface area contributed by atoms with Gasteiger partial charge in [-0.05, 0) is 44.7 Å². The average molecular weight is 429 g/mol. The summed E-state index contributed by atoms with van der Waals surface area (Å²) in [6, 6.07) is 2.92. The van der Waals surface area contributed by atoms with Gasteiger partial charge in [0, 0.05) is 66.2 Å². The fraction of sp³-hybridized carbons (Fsp3) is 0.652. The molecule has 7 heteroatoms. The van der Waals surface area contributed by atoms with E-state index in [-0.39, 0.29) is 11.5 Å². The predicted octanol–water partition coefficient (Wildman–Crippen LogP) is 3.37. The van der Waals surface area contributed by atoms with Crippen LogP contribution in [0.1, 0.15) is 58.3 Å². The number of piperidine rings is 1. The molecule has 30 heavy (non-hydrogen) atoms. The van der Waals surface area contributed by atoms with Gasteiger partial charge in [-0.15, -0.1) is 11.3 Å². The number of likely N-dealkylation sites (tertiary alicyclic amines) is 2. The van der Waals surface area contributed by atoms with Gasteiger partial charge in [-0.2, -0.15) is 0 Å². The number of aryl methyl sites for hydroxylation is 2. The normalized spacial score (nSPS) is 27.3. The molecule has 1 spiro atoms. The average Bonchev–Trinajstić information content (AvgIpc) is 3.32. The Balaban J connectivity index is 1.18. The first-order valence-electron chi connectivity index (χ1n) is 11.3. The van der Waals surface area contributed by atoms with Crippen molar-refractivity contribution in [2.24, 2.45) is 5.92 Å². The highest BCUT2D eigenvalue weighted by Crippen LogP contribution is 2.46. The standard InChI is InChI=1S/C23H32N4O2S/c1-4-18-9-19-20(30-18)5-8-29-23(19)6-7-26(16(3)10-23)12-17-13-27(14-17)22(28)21-24-11-15(2)25-21/h9,11,16-17H,4-8,10,12-14H2,1-3H3,(H,24,25)/t16-,23+/m0/s1. The number of hydrogen-bond donors (Lipinski definition) is 1. The zero-order valence-electron chi connectivity index (χ0n) is 18.2. The maximum absolute atomic E-state index is 12.5. The van der Waals surface area contributed by atoms with Crippen LogP contribution in [-0.4, -0.2) is 64.5 Å². The molecule has 1 N–H and O–H groups in total. The third-order valence-corrected chi connectivity index (χ3v) is 8.44. The Hall–Kier alpha value is -1.70. The SMILES string of the molecule is CCc1cc2c(s1)CCO[C@@]21CCN(CC2CN(C(=O)c3ncc(C)[nH]3)C2)[C@@H](C)C1. The second-order valence-corrected chi connectivity index (χ2v) is 10.5. The number of carbonyl (C=O) groups is 1. The summed E-state index contributed by atoms with van der Waals surface area (Å²) in [6.07, 6.45) is 6.04. The Labute approximate surface area is 182 Å². The van der Waals surface area contributed by atoms with Crippen LogP contribution in [0.15, 0.2) is 12.3 Å². The van der Waals surface area contributed by atoms with Crippen molar-refractivity contribution in [1.82, 2.24) is 19.8 Å². The summed E-state index contributed by atoms with van der Waals surface area (Å²) in [5, 5.41) is 0. The Morgan fingerprint density at radius 1 is 1.43 bits per heavy atom. The molecule has 0 aliphatic carbocycles. The Morgan fingerprint density at radius 3 is 2.97 bits per heavy atom. The van der Waals surface area contributed by atoms with Crippen molar-refractivity contribution >= 4 is 17.2 Å². The van der Waals surface area contributed by atoms with E-state index in [9.17, 15) is 4.79 Å². The van der Waals surface area contributed by atoms with Crippen molar-refractivity contribution in [1.29, 1.82) is 0 Å². The van der Waals surface area contributed by atoms with Gasteiger partial charge in [0.2, 0.25) is 0 Å². The Kier molecular flexibility index (Phi) is 5.24. The van der Waals surface area contributed by atoms with Crippen molar-refractivity contribution in [3.8, 4) is 0 Å². The van der Waals surface area contributed by atoms with E-state index in [4.69, 9.17) is 4.74 Å². The fourth-order valence-electron chi connectivity index (χ4n) is 5.40. The molecule has 1 amide bonds. The molecule has 2 aromatic rings. The summed E-state index contributed by atoms with van der Waals surface area (Å²) < 4.78 is 6.47. The maximum Gasteiger partial charge on any atom is 0.289 e. The third kappa shape index (κ3) is 3.51. The quantitative estimate of drug-likeness (QED) is 0.811. The summed E-state index contributed by atoms with van der Waals surface area (Å²) in [4.78, 5) is 27.3. The molecule has 162 valence electrons. The first-order chi connectivity index (χ1) is 14.5. The van der Waals surface area contributed by atoms with Crippen LogP contribution >= 0.6 is 11.3 Å². The number of ether oxygens (including phenoxy) is 1. The number of imidazole rings is 1. The molecule has 2 fully saturated rings. The monoisotopic (exact) mass is 428 g/mol. The number of amides is 1. The number of nitrogens with one attached hydrogen (secondary N) is 1. The number of rotatable bonds is 4. The van der Waals surface area contributed by atoms with Gasteiger partial charge < -0.3 is 19.5 Å². The second-order valence-electron chi connectivity index (χ2n) is 9.28. The fourth-order valence-corrected chi connectivity index (χ4v) is 6.58. The lowest BCUT2D eigenvalue weighted by molar-refractivity contribution is -0.114. The molecule has 0 unspecified atom stereocenters. The molecule has 6 nitrogen and oxygen atoms in total. The van der Waals surface area contributed by atoms with Gasteiger partial charge in [0.1, 0.15) is 0 Å². The van der Waals surface area contributed by atoms with Crippen molar-refractivity contribution in [2.75, 3.05) is 32.8 Å². The zero-order chi connectivity index (χ0) is 20.9. The first-order valence-corrected chi connectivity index (χ1v) is 12.1. The van der Waals surface area contributed by atoms with Gasteiger partial charge in [0.25, 0.3) is 5.91 Å². The lowest BCUT2D eigenvalue weighted by Crippen LogP contribution is -2.57. The van der Waals surface area contributed by atoms with E-state index in [2.05, 4.69) is 34.8 Å². The van der Waals surface area contributed by atoms with E-state index in [0.29, 0.717) is 17.8 Å². The van der Waals surface area contributed by atoms with Gasteiger partial charge in [-0.3, -0.25) is 4.79 Å². The highest BCUT2D eigenvalue weighted by atomic mass is 32.1. The minimum absolute atomic E-state index is 0.0253. The van der Waals surface area contributed by atoms with Crippen LogP contribution in [0.4, 0.5) is 0 Å². The van der Waals surface area contributed by atoms with Crippen LogP contribution in [0.25, 0.3) is 0 Å². The molecule has 0 radical (unpaired) electrons. The summed E-state index contributed by atoms with van der Waals surface area (Å²) in [5.41, 5.74) is 2.33. The summed E-state index contributed by atoms with van der Waals surface area (Å²) >= 11 is 1.99. The molecular weight excluding hydrogens is 396 g/mol. The summed E-state index contributed by atoms with van der Waals surface area (Å²) in [7, 11) is 0. The highest BCUT2D eigenvalue weighted by Gasteiger charge is 2.45. The van der Waals surface area contributed by atoms with Crippen molar-refractivity contribution < 1.29 is 9.53 Å². The van der Waals surface area contributed by atoms with E-state index in [1.807, 2.05) is 23.2 Å². The van der Waals surface area contributed by atoms with E-state index in [1.165, 1.54) is 10.4 Å². The topological polar surface area (TPSA) is 61.5 Å². The zero-order valence-corrected chi connectivity index (χ0v) is 19.1. The number of aromatic amines is 1. The summed E-state index contributed by atoms with van der Waals surface area (Å²) in [5.74, 6) is 1.04. The largest absolute Gasteiger partial charge is 0.370 e. The smallest absolute Gasteiger partial charge is 0.289 e. The van der Waals surface area contributed by atoms with Crippen molar-refractivity contribution in [3.05, 3.63) is 39.1 Å². The highest BCUT2D eigenvalue weighted by molar-refractivity contribution is 7.12. The van der Waals surface area contributed by atoms with Crippen LogP contribution in [-0.2, 0) is 23.2 Å². The molecule has 5 rings (SSSR count). The second kappa shape index (κ2) is 7.77. The number of aromatic nitrogens is 2. The van der Waals surface area contributed by atoms with Crippen LogP contribution in [0.2, 0.25) is 0 Å². The lowest BCUT2D eigenvalue weighted by Gasteiger charge is -2.49. The number of nitrogens with zero attached hydrogens (tertiary/aromatic N) is 3. The van der Waals surface area contributed by atoms with E-state index in [0.717, 1.165) is 64.2 Å². The minimum atomic E-state index is -0.0772. The number of hydrogen-bond acceptors (Lipinski definition) is 5. The molecular formula is C23H32N4O2S. The summed E-state index contributed by atoms with van der Waals surface area (Å²) in [6.45, 7) is 11.2. The molecule has 2 atom stereocenters. The number of H-pyrrole nitrogens is 1. The molecule has 2 saturated heterocycles. The molecule has 3 aliphatic heterocycles. The first kappa shape index (κ1) is 20.2. The predicted molar refractivity (Wildman–Crippen MR) is 118 cm³/mol. The number of carbonyl (C=O) groups excluding carboxylic acids is 1. The maximum atomic E-state index is 12.5. The van der Waals surface area contributed by atoms with E-state index < -0.39 is 0 Å². The number of fused-ring (bicyclic) bond motifs is 2. The molecule has 0 bridgehead atoms. The van der Waals surface area contributed by atoms with Gasteiger partial charge in [-0.25, -0.2) is 4.98 Å². The third-order valence-electron chi connectivity index (χ3n) is 7.10. The van der Waals surface area contributed by atoms with Crippen LogP contribution in [0.3, 0.4) is 0 Å². The molecule has 3 aliphatic rings. The van der Waals surface area contributed by atoms with Gasteiger partial charge in [0.05, 0.1) is 12.2 Å². The van der Waals surface area contributed by atoms with Crippen LogP contribution in [0.5, 0.6) is 0 Å².